The van der Waals surface area contributed by atoms with Crippen molar-refractivity contribution in [1.82, 2.24) is 5.43 Å². The maximum Gasteiger partial charge on any atom is 0.417 e. The van der Waals surface area contributed by atoms with Gasteiger partial charge in [0, 0.05) is 12.8 Å². The van der Waals surface area contributed by atoms with Crippen LogP contribution in [0.25, 0.3) is 0 Å². The fourth-order valence-corrected chi connectivity index (χ4v) is 2.66. The van der Waals surface area contributed by atoms with E-state index in [1.807, 2.05) is 5.38 Å². The Bertz CT molecular complexity index is 771. The van der Waals surface area contributed by atoms with Gasteiger partial charge in [0.1, 0.15) is 0 Å². The molecule has 3 rings (SSSR count). The molecule has 0 unspecified atom stereocenters. The van der Waals surface area contributed by atoms with Gasteiger partial charge in [0.05, 0.1) is 17.1 Å². The summed E-state index contributed by atoms with van der Waals surface area (Å²) in [6, 6.07) is 8.66. The molecule has 7 nitrogen and oxygen atoms in total. The minimum atomic E-state index is -0.603. The van der Waals surface area contributed by atoms with Crippen LogP contribution in [0, 0.1) is 0 Å². The van der Waals surface area contributed by atoms with Gasteiger partial charge in [-0.05, 0) is 35.2 Å². The van der Waals surface area contributed by atoms with Crippen molar-refractivity contribution >= 4 is 40.4 Å². The van der Waals surface area contributed by atoms with Crippen molar-refractivity contribution in [3.63, 3.8) is 0 Å². The molecule has 1 aliphatic rings. The molecule has 4 N–H and O–H groups in total. The molecule has 0 bridgehead atoms. The first kappa shape index (κ1) is 15.0. The average molecular weight is 330 g/mol. The minimum Gasteiger partial charge on any atom is -0.399 e. The van der Waals surface area contributed by atoms with Gasteiger partial charge in [-0.1, -0.05) is 6.07 Å². The third-order valence-electron chi connectivity index (χ3n) is 3.21. The molecule has 0 saturated heterocycles. The average Bonchev–Trinajstić information content (AvgIpc) is 3.03. The number of anilines is 2. The van der Waals surface area contributed by atoms with Gasteiger partial charge in [0.15, 0.2) is 5.06 Å². The zero-order valence-corrected chi connectivity index (χ0v) is 12.9. The van der Waals surface area contributed by atoms with E-state index in [4.69, 9.17) is 10.5 Å². The number of nitrogens with one attached hydrogen (secondary N) is 2. The molecule has 2 heterocycles. The van der Waals surface area contributed by atoms with Crippen molar-refractivity contribution in [2.24, 2.45) is 5.10 Å². The summed E-state index contributed by atoms with van der Waals surface area (Å²) in [7, 11) is 0. The Balaban J connectivity index is 1.69. The number of amides is 2. The van der Waals surface area contributed by atoms with E-state index in [0.29, 0.717) is 29.3 Å². The highest BCUT2D eigenvalue weighted by molar-refractivity contribution is 7.11. The molecule has 8 heteroatoms. The predicted octanol–water partition coefficient (Wildman–Crippen LogP) is 2.56. The van der Waals surface area contributed by atoms with E-state index in [1.54, 1.807) is 30.3 Å². The number of carbonyl (C=O) groups excluding carboxylic acids is 2. The van der Waals surface area contributed by atoms with Crippen LogP contribution >= 0.6 is 11.3 Å². The molecule has 118 valence electrons. The SMILES string of the molecule is Nc1cc(C2=NNC(=O)CC2)ccc1NC(=O)Oc1cccs1. The van der Waals surface area contributed by atoms with Crippen molar-refractivity contribution in [1.29, 1.82) is 0 Å². The molecule has 0 atom stereocenters. The third kappa shape index (κ3) is 3.67. The van der Waals surface area contributed by atoms with Crippen molar-refractivity contribution in [3.8, 4) is 5.06 Å². The summed E-state index contributed by atoms with van der Waals surface area (Å²) >= 11 is 1.32. The number of rotatable bonds is 3. The summed E-state index contributed by atoms with van der Waals surface area (Å²) in [6.07, 6.45) is 0.346. The van der Waals surface area contributed by atoms with Crippen LogP contribution in [0.5, 0.6) is 5.06 Å². The second-order valence-corrected chi connectivity index (χ2v) is 5.75. The predicted molar refractivity (Wildman–Crippen MR) is 88.7 cm³/mol. The Morgan fingerprint density at radius 1 is 1.35 bits per heavy atom. The number of hydrazone groups is 1. The number of nitrogens with two attached hydrogens (primary N) is 1. The second-order valence-electron chi connectivity index (χ2n) is 4.84. The first-order valence-corrected chi connectivity index (χ1v) is 7.77. The number of hydrogen-bond acceptors (Lipinski definition) is 6. The number of hydrogen-bond donors (Lipinski definition) is 3. The molecule has 0 spiro atoms. The first-order chi connectivity index (χ1) is 11.1. The fraction of sp³-hybridized carbons (Fsp3) is 0.133. The Labute approximate surface area is 136 Å². The highest BCUT2D eigenvalue weighted by Crippen LogP contribution is 2.23. The largest absolute Gasteiger partial charge is 0.417 e. The van der Waals surface area contributed by atoms with E-state index in [9.17, 15) is 9.59 Å². The number of benzene rings is 1. The van der Waals surface area contributed by atoms with Crippen molar-refractivity contribution in [2.45, 2.75) is 12.8 Å². The van der Waals surface area contributed by atoms with E-state index in [2.05, 4.69) is 15.8 Å². The van der Waals surface area contributed by atoms with Gasteiger partial charge in [0.2, 0.25) is 5.91 Å². The van der Waals surface area contributed by atoms with Crippen LogP contribution < -0.4 is 21.2 Å². The summed E-state index contributed by atoms with van der Waals surface area (Å²) in [6.45, 7) is 0. The Kier molecular flexibility index (Phi) is 4.24. The molecule has 1 aliphatic heterocycles. The Hall–Kier alpha value is -2.87. The van der Waals surface area contributed by atoms with E-state index in [0.717, 1.165) is 11.3 Å². The summed E-state index contributed by atoms with van der Waals surface area (Å²) < 4.78 is 5.11. The van der Waals surface area contributed by atoms with Crippen LogP contribution in [0.2, 0.25) is 0 Å². The number of thiophene rings is 1. The van der Waals surface area contributed by atoms with E-state index in [-0.39, 0.29) is 5.91 Å². The molecule has 0 fully saturated rings. The van der Waals surface area contributed by atoms with Crippen LogP contribution in [-0.4, -0.2) is 17.7 Å². The highest BCUT2D eigenvalue weighted by atomic mass is 32.1. The molecule has 1 aromatic carbocycles. The van der Waals surface area contributed by atoms with Crippen molar-refractivity contribution < 1.29 is 14.3 Å². The molecule has 2 aromatic rings. The highest BCUT2D eigenvalue weighted by Gasteiger charge is 2.15. The summed E-state index contributed by atoms with van der Waals surface area (Å²) in [5.41, 5.74) is 10.8. The molecule has 0 radical (unpaired) electrons. The lowest BCUT2D eigenvalue weighted by Crippen LogP contribution is -2.26. The van der Waals surface area contributed by atoms with Crippen LogP contribution in [0.4, 0.5) is 16.2 Å². The van der Waals surface area contributed by atoms with Crippen LogP contribution in [0.3, 0.4) is 0 Å². The molecular formula is C15H14N4O3S. The zero-order valence-electron chi connectivity index (χ0n) is 12.0. The maximum absolute atomic E-state index is 11.8. The molecule has 23 heavy (non-hydrogen) atoms. The van der Waals surface area contributed by atoms with Crippen LogP contribution in [0.15, 0.2) is 40.8 Å². The molecule has 2 amide bonds. The van der Waals surface area contributed by atoms with Gasteiger partial charge < -0.3 is 10.5 Å². The van der Waals surface area contributed by atoms with E-state index >= 15 is 0 Å². The fourth-order valence-electron chi connectivity index (χ4n) is 2.09. The lowest BCUT2D eigenvalue weighted by molar-refractivity contribution is -0.121. The zero-order chi connectivity index (χ0) is 16.2. The molecule has 0 saturated carbocycles. The smallest absolute Gasteiger partial charge is 0.399 e. The molecular weight excluding hydrogens is 316 g/mol. The Morgan fingerprint density at radius 3 is 2.87 bits per heavy atom. The van der Waals surface area contributed by atoms with Gasteiger partial charge in [-0.15, -0.1) is 11.3 Å². The number of carbonyl (C=O) groups is 2. The van der Waals surface area contributed by atoms with Crippen molar-refractivity contribution in [2.75, 3.05) is 11.1 Å². The van der Waals surface area contributed by atoms with Gasteiger partial charge in [-0.3, -0.25) is 10.1 Å². The maximum atomic E-state index is 11.8. The normalized spacial score (nSPS) is 13.9. The number of nitrogens with zero attached hydrogens (tertiary/aromatic N) is 1. The summed E-state index contributed by atoms with van der Waals surface area (Å²) in [5.74, 6) is -0.101. The van der Waals surface area contributed by atoms with E-state index < -0.39 is 6.09 Å². The summed E-state index contributed by atoms with van der Waals surface area (Å²) in [5, 5.41) is 8.93. The topological polar surface area (TPSA) is 106 Å². The first-order valence-electron chi connectivity index (χ1n) is 6.89. The van der Waals surface area contributed by atoms with Gasteiger partial charge in [0.25, 0.3) is 0 Å². The van der Waals surface area contributed by atoms with Crippen LogP contribution in [0.1, 0.15) is 18.4 Å². The van der Waals surface area contributed by atoms with Gasteiger partial charge in [-0.25, -0.2) is 10.2 Å². The monoisotopic (exact) mass is 330 g/mol. The number of ether oxygens (including phenoxy) is 1. The lowest BCUT2D eigenvalue weighted by atomic mass is 10.0. The molecule has 1 aromatic heterocycles. The standard InChI is InChI=1S/C15H14N4O3S/c16-10-8-9(11-5-6-13(20)19-18-11)3-4-12(10)17-15(21)22-14-2-1-7-23-14/h1-4,7-8H,5-6,16H2,(H,17,21)(H,19,20). The summed E-state index contributed by atoms with van der Waals surface area (Å²) in [4.78, 5) is 22.9. The number of nitrogen functional groups attached to an aromatic ring is 1. The minimum absolute atomic E-state index is 0.101. The van der Waals surface area contributed by atoms with Crippen LogP contribution in [-0.2, 0) is 4.79 Å². The third-order valence-corrected chi connectivity index (χ3v) is 3.96. The van der Waals surface area contributed by atoms with Crippen molar-refractivity contribution in [3.05, 3.63) is 41.3 Å². The second kappa shape index (κ2) is 6.49. The lowest BCUT2D eigenvalue weighted by Gasteiger charge is -2.14. The Morgan fingerprint density at radius 2 is 2.22 bits per heavy atom. The van der Waals surface area contributed by atoms with E-state index in [1.165, 1.54) is 11.3 Å². The molecule has 0 aliphatic carbocycles. The van der Waals surface area contributed by atoms with Gasteiger partial charge in [-0.2, -0.15) is 5.10 Å². The van der Waals surface area contributed by atoms with Gasteiger partial charge >= 0.3 is 6.09 Å². The quantitative estimate of drug-likeness (QED) is 0.752.